The van der Waals surface area contributed by atoms with Crippen LogP contribution in [-0.4, -0.2) is 18.7 Å². The Morgan fingerprint density at radius 1 is 1.00 bits per heavy atom. The minimum Gasteiger partial charge on any atom is -0.324 e. The number of nitrogens with zero attached hydrogens (tertiary/aromatic N) is 4. The Bertz CT molecular complexity index is 722. The third kappa shape index (κ3) is 1.81. The van der Waals surface area contributed by atoms with Gasteiger partial charge in [0.1, 0.15) is 5.82 Å². The molecule has 0 radical (unpaired) electrons. The first-order chi connectivity index (χ1) is 9.10. The average molecular weight is 265 g/mol. The van der Waals surface area contributed by atoms with E-state index >= 15 is 0 Å². The molecule has 2 N–H and O–H groups in total. The van der Waals surface area contributed by atoms with Crippen molar-refractivity contribution >= 4 is 11.2 Å². The molecule has 0 unspecified atom stereocenters. The standard InChI is InChI=1S/C12H19N5O2/c1-4-15-8(7-13)14-10-9(15)11(18)17(6-3)12(19)16(10)5-2/h4-7,13H2,1-3H3. The summed E-state index contributed by atoms with van der Waals surface area (Å²) >= 11 is 0. The van der Waals surface area contributed by atoms with Crippen LogP contribution in [0.5, 0.6) is 0 Å². The number of aromatic nitrogens is 4. The van der Waals surface area contributed by atoms with Crippen LogP contribution in [0, 0.1) is 0 Å². The molecule has 0 aromatic carbocycles. The summed E-state index contributed by atoms with van der Waals surface area (Å²) in [5, 5.41) is 0. The van der Waals surface area contributed by atoms with Crippen LogP contribution in [0.4, 0.5) is 0 Å². The van der Waals surface area contributed by atoms with Crippen molar-refractivity contribution in [2.24, 2.45) is 5.73 Å². The van der Waals surface area contributed by atoms with Gasteiger partial charge in [-0.1, -0.05) is 0 Å². The summed E-state index contributed by atoms with van der Waals surface area (Å²) < 4.78 is 4.54. The van der Waals surface area contributed by atoms with E-state index < -0.39 is 0 Å². The molecule has 0 bridgehead atoms. The van der Waals surface area contributed by atoms with E-state index in [0.29, 0.717) is 36.6 Å². The Kier molecular flexibility index (Phi) is 3.57. The van der Waals surface area contributed by atoms with Crippen LogP contribution in [0.15, 0.2) is 9.59 Å². The van der Waals surface area contributed by atoms with Gasteiger partial charge in [0.25, 0.3) is 5.56 Å². The van der Waals surface area contributed by atoms with Crippen molar-refractivity contribution in [2.75, 3.05) is 0 Å². The van der Waals surface area contributed by atoms with Gasteiger partial charge in [0.05, 0.1) is 6.54 Å². The molecule has 0 aliphatic carbocycles. The fraction of sp³-hybridized carbons (Fsp3) is 0.583. The second kappa shape index (κ2) is 5.00. The maximum atomic E-state index is 12.4. The van der Waals surface area contributed by atoms with E-state index in [4.69, 9.17) is 5.73 Å². The monoisotopic (exact) mass is 265 g/mol. The number of rotatable bonds is 4. The van der Waals surface area contributed by atoms with E-state index in [1.54, 1.807) is 11.5 Å². The second-order valence-electron chi connectivity index (χ2n) is 4.22. The normalized spacial score (nSPS) is 11.4. The minimum atomic E-state index is -0.313. The van der Waals surface area contributed by atoms with Gasteiger partial charge in [-0.3, -0.25) is 13.9 Å². The summed E-state index contributed by atoms with van der Waals surface area (Å²) in [5.74, 6) is 0.630. The van der Waals surface area contributed by atoms with Crippen molar-refractivity contribution in [3.63, 3.8) is 0 Å². The van der Waals surface area contributed by atoms with Crippen LogP contribution in [0.1, 0.15) is 26.6 Å². The van der Waals surface area contributed by atoms with E-state index in [1.165, 1.54) is 9.13 Å². The van der Waals surface area contributed by atoms with E-state index in [-0.39, 0.29) is 17.8 Å². The number of nitrogens with two attached hydrogens (primary N) is 1. The number of hydrogen-bond acceptors (Lipinski definition) is 4. The van der Waals surface area contributed by atoms with Gasteiger partial charge in [-0.25, -0.2) is 9.78 Å². The molecule has 104 valence electrons. The lowest BCUT2D eigenvalue weighted by Gasteiger charge is -2.09. The van der Waals surface area contributed by atoms with Crippen LogP contribution in [0.2, 0.25) is 0 Å². The SMILES string of the molecule is CCn1c(=O)c2c(nc(CN)n2CC)n(CC)c1=O. The highest BCUT2D eigenvalue weighted by Gasteiger charge is 2.18. The minimum absolute atomic E-state index is 0.242. The van der Waals surface area contributed by atoms with Crippen molar-refractivity contribution in [2.45, 2.75) is 47.0 Å². The van der Waals surface area contributed by atoms with E-state index in [0.717, 1.165) is 0 Å². The first-order valence-electron chi connectivity index (χ1n) is 6.53. The van der Waals surface area contributed by atoms with Crippen molar-refractivity contribution in [3.05, 3.63) is 26.7 Å². The molecular weight excluding hydrogens is 246 g/mol. The van der Waals surface area contributed by atoms with Gasteiger partial charge >= 0.3 is 5.69 Å². The van der Waals surface area contributed by atoms with E-state index in [2.05, 4.69) is 4.98 Å². The topological polar surface area (TPSA) is 87.8 Å². The van der Waals surface area contributed by atoms with Crippen molar-refractivity contribution in [1.82, 2.24) is 18.7 Å². The molecule has 2 aromatic heterocycles. The molecule has 0 saturated heterocycles. The van der Waals surface area contributed by atoms with Crippen LogP contribution < -0.4 is 17.0 Å². The molecule has 0 aliphatic heterocycles. The van der Waals surface area contributed by atoms with Crippen molar-refractivity contribution < 1.29 is 0 Å². The van der Waals surface area contributed by atoms with Gasteiger partial charge in [0, 0.05) is 19.6 Å². The fourth-order valence-corrected chi connectivity index (χ4v) is 2.40. The largest absolute Gasteiger partial charge is 0.332 e. The molecular formula is C12H19N5O2. The first-order valence-corrected chi connectivity index (χ1v) is 6.53. The fourth-order valence-electron chi connectivity index (χ4n) is 2.40. The first kappa shape index (κ1) is 13.5. The quantitative estimate of drug-likeness (QED) is 0.834. The Morgan fingerprint density at radius 3 is 2.05 bits per heavy atom. The molecule has 0 amide bonds. The number of fused-ring (bicyclic) bond motifs is 1. The molecule has 7 nitrogen and oxygen atoms in total. The Balaban J connectivity index is 3.07. The molecule has 0 fully saturated rings. The average Bonchev–Trinajstić information content (AvgIpc) is 2.78. The maximum Gasteiger partial charge on any atom is 0.332 e. The Labute approximate surface area is 110 Å². The highest BCUT2D eigenvalue weighted by molar-refractivity contribution is 5.71. The molecule has 0 atom stereocenters. The molecule has 2 heterocycles. The molecule has 0 spiro atoms. The molecule has 19 heavy (non-hydrogen) atoms. The summed E-state index contributed by atoms with van der Waals surface area (Å²) in [6, 6.07) is 0. The van der Waals surface area contributed by atoms with Crippen LogP contribution in [0.3, 0.4) is 0 Å². The van der Waals surface area contributed by atoms with Gasteiger partial charge < -0.3 is 10.3 Å². The molecule has 0 saturated carbocycles. The third-order valence-electron chi connectivity index (χ3n) is 3.32. The van der Waals surface area contributed by atoms with Gasteiger partial charge in [-0.15, -0.1) is 0 Å². The number of imidazole rings is 1. The van der Waals surface area contributed by atoms with Crippen molar-refractivity contribution in [3.8, 4) is 0 Å². The van der Waals surface area contributed by atoms with Crippen LogP contribution >= 0.6 is 0 Å². The number of aryl methyl sites for hydroxylation is 2. The summed E-state index contributed by atoms with van der Waals surface area (Å²) in [6.45, 7) is 7.23. The predicted molar refractivity (Wildman–Crippen MR) is 73.2 cm³/mol. The zero-order valence-corrected chi connectivity index (χ0v) is 11.5. The second-order valence-corrected chi connectivity index (χ2v) is 4.22. The summed E-state index contributed by atoms with van der Waals surface area (Å²) in [4.78, 5) is 29.0. The molecule has 2 rings (SSSR count). The highest BCUT2D eigenvalue weighted by Crippen LogP contribution is 2.11. The lowest BCUT2D eigenvalue weighted by molar-refractivity contribution is 0.602. The van der Waals surface area contributed by atoms with E-state index in [9.17, 15) is 9.59 Å². The summed E-state index contributed by atoms with van der Waals surface area (Å²) in [6.07, 6.45) is 0. The number of hydrogen-bond donors (Lipinski definition) is 1. The molecule has 7 heteroatoms. The predicted octanol–water partition coefficient (Wildman–Crippen LogP) is -0.122. The molecule has 2 aromatic rings. The van der Waals surface area contributed by atoms with Crippen LogP contribution in [-0.2, 0) is 26.2 Å². The summed E-state index contributed by atoms with van der Waals surface area (Å²) in [7, 11) is 0. The summed E-state index contributed by atoms with van der Waals surface area (Å²) in [5.41, 5.74) is 5.96. The van der Waals surface area contributed by atoms with Crippen molar-refractivity contribution in [1.29, 1.82) is 0 Å². The molecule has 0 aliphatic rings. The lowest BCUT2D eigenvalue weighted by atomic mass is 10.4. The highest BCUT2D eigenvalue weighted by atomic mass is 16.2. The zero-order valence-electron chi connectivity index (χ0n) is 11.5. The zero-order chi connectivity index (χ0) is 14.2. The van der Waals surface area contributed by atoms with Crippen LogP contribution in [0.25, 0.3) is 11.2 Å². The maximum absolute atomic E-state index is 12.4. The van der Waals surface area contributed by atoms with E-state index in [1.807, 2.05) is 13.8 Å². The van der Waals surface area contributed by atoms with Gasteiger partial charge in [0.2, 0.25) is 0 Å². The van der Waals surface area contributed by atoms with Gasteiger partial charge in [0.15, 0.2) is 11.2 Å². The Morgan fingerprint density at radius 2 is 1.58 bits per heavy atom. The van der Waals surface area contributed by atoms with Gasteiger partial charge in [-0.2, -0.15) is 0 Å². The lowest BCUT2D eigenvalue weighted by Crippen LogP contribution is -2.40. The Hall–Kier alpha value is -1.89. The van der Waals surface area contributed by atoms with Gasteiger partial charge in [-0.05, 0) is 20.8 Å². The smallest absolute Gasteiger partial charge is 0.324 e. The third-order valence-corrected chi connectivity index (χ3v) is 3.32.